The third kappa shape index (κ3) is 8.95. The fourth-order valence-electron chi connectivity index (χ4n) is 4.24. The van der Waals surface area contributed by atoms with Gasteiger partial charge in [0.05, 0.1) is 29.9 Å². The lowest BCUT2D eigenvalue weighted by Gasteiger charge is -2.19. The van der Waals surface area contributed by atoms with Gasteiger partial charge in [-0.1, -0.05) is 118 Å². The normalized spacial score (nSPS) is 10.9. The molecule has 0 aliphatic carbocycles. The number of nitrogens with zero attached hydrogens (tertiary/aromatic N) is 5. The van der Waals surface area contributed by atoms with Gasteiger partial charge in [0.2, 0.25) is 0 Å². The van der Waals surface area contributed by atoms with Crippen LogP contribution in [0, 0.1) is 0 Å². The molecule has 2 heterocycles. The van der Waals surface area contributed by atoms with Gasteiger partial charge in [0, 0.05) is 16.0 Å². The number of esters is 1. The number of hydrogen-bond donors (Lipinski definition) is 2. The number of hydrogen-bond acceptors (Lipinski definition) is 7. The molecule has 0 amide bonds. The Morgan fingerprint density at radius 2 is 1.24 bits per heavy atom. The molecule has 2 aromatic heterocycles. The molecule has 0 fully saturated rings. The zero-order chi connectivity index (χ0) is 33.7. The lowest BCUT2D eigenvalue weighted by Crippen LogP contribution is -2.10. The van der Waals surface area contributed by atoms with Crippen molar-refractivity contribution < 1.29 is 24.9 Å². The van der Waals surface area contributed by atoms with Gasteiger partial charge in [-0.25, -0.2) is 19.6 Å². The van der Waals surface area contributed by atoms with Crippen LogP contribution in [0.1, 0.15) is 73.4 Å². The predicted molar refractivity (Wildman–Crippen MR) is 182 cm³/mol. The summed E-state index contributed by atoms with van der Waals surface area (Å²) < 4.78 is 4.65. The van der Waals surface area contributed by atoms with Crippen LogP contribution in [0.2, 0.25) is 10.3 Å². The first-order valence-corrected chi connectivity index (χ1v) is 14.5. The molecule has 0 aliphatic rings. The molecule has 0 bridgehead atoms. The molecule has 0 saturated carbocycles. The van der Waals surface area contributed by atoms with Crippen LogP contribution in [0.5, 0.6) is 0 Å². The Kier molecular flexibility index (Phi) is 12.3. The minimum absolute atomic E-state index is 0. The number of ether oxygens (including phenoxy) is 1. The quantitative estimate of drug-likeness (QED) is 0.0698. The van der Waals surface area contributed by atoms with Crippen LogP contribution in [-0.2, 0) is 15.6 Å². The van der Waals surface area contributed by atoms with Crippen LogP contribution in [0.4, 0.5) is 11.4 Å². The van der Waals surface area contributed by atoms with E-state index in [4.69, 9.17) is 39.6 Å². The van der Waals surface area contributed by atoms with Crippen LogP contribution in [0.3, 0.4) is 0 Å². The molecule has 46 heavy (non-hydrogen) atoms. The van der Waals surface area contributed by atoms with Gasteiger partial charge in [-0.3, -0.25) is 0 Å². The number of nitrogen functional groups attached to an aromatic ring is 1. The minimum Gasteiger partial charge on any atom is -0.478 e. The highest BCUT2D eigenvalue weighted by Gasteiger charge is 2.20. The zero-order valence-electron chi connectivity index (χ0n) is 26.5. The van der Waals surface area contributed by atoms with Crippen LogP contribution in [0.15, 0.2) is 65.8 Å². The Hall–Kier alpha value is -4.67. The second kappa shape index (κ2) is 15.1. The number of carbonyl (C=O) groups excluding carboxylic acids is 1. The number of carboxylic acid groups (broad SMARTS) is 1. The highest BCUT2D eigenvalue weighted by molar-refractivity contribution is 6.33. The average Bonchev–Trinajstić information content (AvgIpc) is 2.96. The summed E-state index contributed by atoms with van der Waals surface area (Å²) in [5, 5.41) is 12.4. The average molecular weight is 668 g/mol. The SMILES string of the molecule is CC(C)(C)c1ccc(-c2cc(N=[N+]=[N-])c(C(=O)O)c(Cl)n2)cc1.COC(=O)c1c(N)cc(-c2ccc(C(C)(C)C)cc2)nc1Cl.O. The maximum atomic E-state index is 11.6. The first kappa shape index (κ1) is 37.5. The molecule has 5 N–H and O–H groups in total. The molecule has 0 unspecified atom stereocenters. The number of methoxy groups -OCH3 is 1. The van der Waals surface area contributed by atoms with Crippen molar-refractivity contribution in [3.63, 3.8) is 0 Å². The van der Waals surface area contributed by atoms with E-state index in [1.807, 2.05) is 36.4 Å². The fraction of sp³-hybridized carbons (Fsp3) is 0.273. The summed E-state index contributed by atoms with van der Waals surface area (Å²) in [6.45, 7) is 12.8. The molecular formula is C33H36Cl2N6O5. The standard InChI is InChI=1S/C17H19ClN2O2.C16H15ClN4O2.H2O/c1-17(2,3)11-7-5-10(6-8-11)13-9-12(19)14(15(18)20-13)16(21)22-4;1-16(2,3)10-6-4-9(5-7-10)11-8-12(20-21-18)13(15(22)23)14(17)19-11;/h5-9H,1-4H3,(H2,19,20);4-8H,1-3H3,(H,22,23);1H2. The number of benzene rings is 2. The Morgan fingerprint density at radius 1 is 0.826 bits per heavy atom. The van der Waals surface area contributed by atoms with Crippen molar-refractivity contribution in [2.75, 3.05) is 12.8 Å². The van der Waals surface area contributed by atoms with Gasteiger partial charge < -0.3 is 21.1 Å². The van der Waals surface area contributed by atoms with Gasteiger partial charge in [0.25, 0.3) is 0 Å². The molecule has 0 spiro atoms. The van der Waals surface area contributed by atoms with Crippen LogP contribution >= 0.6 is 23.2 Å². The molecule has 0 saturated heterocycles. The monoisotopic (exact) mass is 666 g/mol. The summed E-state index contributed by atoms with van der Waals surface area (Å²) in [4.78, 5) is 33.8. The number of nitrogens with two attached hydrogens (primary N) is 1. The Labute approximate surface area is 277 Å². The lowest BCUT2D eigenvalue weighted by molar-refractivity contribution is 0.0600. The van der Waals surface area contributed by atoms with Crippen molar-refractivity contribution in [2.45, 2.75) is 52.4 Å². The van der Waals surface area contributed by atoms with E-state index in [9.17, 15) is 9.59 Å². The molecule has 4 aromatic rings. The van der Waals surface area contributed by atoms with Crippen molar-refractivity contribution in [3.8, 4) is 22.5 Å². The van der Waals surface area contributed by atoms with E-state index in [1.54, 1.807) is 6.07 Å². The van der Waals surface area contributed by atoms with Crippen LogP contribution in [0.25, 0.3) is 33.0 Å². The third-order valence-electron chi connectivity index (χ3n) is 6.81. The van der Waals surface area contributed by atoms with Crippen molar-refractivity contribution in [1.29, 1.82) is 0 Å². The number of azide groups is 1. The topological polar surface area (TPSA) is 196 Å². The van der Waals surface area contributed by atoms with Gasteiger partial charge in [0.1, 0.15) is 21.4 Å². The first-order valence-electron chi connectivity index (χ1n) is 13.7. The van der Waals surface area contributed by atoms with E-state index < -0.39 is 11.9 Å². The van der Waals surface area contributed by atoms with Gasteiger partial charge >= 0.3 is 11.9 Å². The summed E-state index contributed by atoms with van der Waals surface area (Å²) >= 11 is 12.0. The molecular weight excluding hydrogens is 631 g/mol. The Bertz CT molecular complexity index is 1750. The van der Waals surface area contributed by atoms with E-state index in [2.05, 4.69) is 78.4 Å². The second-order valence-corrected chi connectivity index (χ2v) is 12.8. The Morgan fingerprint density at radius 3 is 1.59 bits per heavy atom. The molecule has 13 heteroatoms. The second-order valence-electron chi connectivity index (χ2n) is 12.1. The van der Waals surface area contributed by atoms with Gasteiger partial charge in [0.15, 0.2) is 0 Å². The van der Waals surface area contributed by atoms with Gasteiger partial charge in [-0.05, 0) is 39.6 Å². The van der Waals surface area contributed by atoms with E-state index in [0.29, 0.717) is 11.4 Å². The van der Waals surface area contributed by atoms with Crippen molar-refractivity contribution in [1.82, 2.24) is 9.97 Å². The lowest BCUT2D eigenvalue weighted by atomic mass is 9.86. The molecule has 0 atom stereocenters. The Balaban J connectivity index is 0.000000314. The van der Waals surface area contributed by atoms with Crippen LogP contribution in [-0.4, -0.2) is 39.6 Å². The summed E-state index contributed by atoms with van der Waals surface area (Å²) in [6.07, 6.45) is 0. The van der Waals surface area contributed by atoms with Gasteiger partial charge in [-0.2, -0.15) is 0 Å². The number of aromatic nitrogens is 2. The number of rotatable bonds is 5. The summed E-state index contributed by atoms with van der Waals surface area (Å²) in [6, 6.07) is 18.8. The minimum atomic E-state index is -1.29. The first-order chi connectivity index (χ1) is 21.0. The maximum Gasteiger partial charge on any atom is 0.343 e. The summed E-state index contributed by atoms with van der Waals surface area (Å²) in [5.74, 6) is -1.89. The van der Waals surface area contributed by atoms with E-state index in [-0.39, 0.29) is 49.1 Å². The van der Waals surface area contributed by atoms with Crippen molar-refractivity contribution >= 4 is 46.5 Å². The van der Waals surface area contributed by atoms with Crippen LogP contribution < -0.4 is 5.73 Å². The van der Waals surface area contributed by atoms with Gasteiger partial charge in [-0.15, -0.1) is 0 Å². The number of pyridine rings is 2. The smallest absolute Gasteiger partial charge is 0.343 e. The van der Waals surface area contributed by atoms with E-state index >= 15 is 0 Å². The molecule has 11 nitrogen and oxygen atoms in total. The molecule has 4 rings (SSSR count). The predicted octanol–water partition coefficient (Wildman–Crippen LogP) is 8.58. The number of carboxylic acids is 1. The highest BCUT2D eigenvalue weighted by atomic mass is 35.5. The van der Waals surface area contributed by atoms with Crippen molar-refractivity contribution in [3.05, 3.63) is 104 Å². The molecule has 2 aromatic carbocycles. The third-order valence-corrected chi connectivity index (χ3v) is 7.36. The number of anilines is 1. The van der Waals surface area contributed by atoms with Crippen molar-refractivity contribution in [2.24, 2.45) is 5.11 Å². The largest absolute Gasteiger partial charge is 0.478 e. The molecule has 0 aliphatic heterocycles. The number of aromatic carboxylic acids is 1. The molecule has 242 valence electrons. The highest BCUT2D eigenvalue weighted by Crippen LogP contribution is 2.33. The maximum absolute atomic E-state index is 11.6. The summed E-state index contributed by atoms with van der Waals surface area (Å²) in [5.41, 5.74) is 19.7. The fourth-order valence-corrected chi connectivity index (χ4v) is 4.79. The number of halogens is 2. The zero-order valence-corrected chi connectivity index (χ0v) is 28.0. The van der Waals surface area contributed by atoms with E-state index in [1.165, 1.54) is 18.7 Å². The summed E-state index contributed by atoms with van der Waals surface area (Å²) in [7, 11) is 1.28. The van der Waals surface area contributed by atoms with E-state index in [0.717, 1.165) is 16.7 Å². The number of carbonyl (C=O) groups is 2. The molecule has 0 radical (unpaired) electrons.